The Balaban J connectivity index is 2.19. The Morgan fingerprint density at radius 1 is 1.22 bits per heavy atom. The summed E-state index contributed by atoms with van der Waals surface area (Å²) in [7, 11) is -3.81. The van der Waals surface area contributed by atoms with E-state index in [0.29, 0.717) is 23.4 Å². The van der Waals surface area contributed by atoms with E-state index >= 15 is 0 Å². The highest BCUT2D eigenvalue weighted by molar-refractivity contribution is 7.98. The van der Waals surface area contributed by atoms with Crippen LogP contribution in [0.15, 0.2) is 53.4 Å². The van der Waals surface area contributed by atoms with Crippen molar-refractivity contribution in [1.82, 2.24) is 4.72 Å². The van der Waals surface area contributed by atoms with Crippen molar-refractivity contribution in [2.75, 3.05) is 17.3 Å². The Hall–Kier alpha value is -2.27. The third-order valence-corrected chi connectivity index (χ3v) is 5.98. The van der Waals surface area contributed by atoms with Gasteiger partial charge in [0.25, 0.3) is 0 Å². The summed E-state index contributed by atoms with van der Waals surface area (Å²) in [6.45, 7) is 1.88. The summed E-state index contributed by atoms with van der Waals surface area (Å²) in [5, 5.41) is 2.74. The van der Waals surface area contributed by atoms with Gasteiger partial charge < -0.3 is 5.32 Å². The number of carbonyl (C=O) groups is 1. The molecule has 0 radical (unpaired) electrons. The number of amides is 1. The lowest BCUT2D eigenvalue weighted by molar-refractivity contribution is -0.117. The summed E-state index contributed by atoms with van der Waals surface area (Å²) in [6.07, 6.45) is 7.65. The van der Waals surface area contributed by atoms with Crippen LogP contribution in [0, 0.1) is 19.3 Å². The van der Waals surface area contributed by atoms with Gasteiger partial charge >= 0.3 is 0 Å². The van der Waals surface area contributed by atoms with Crippen molar-refractivity contribution in [1.29, 1.82) is 0 Å². The van der Waals surface area contributed by atoms with Crippen molar-refractivity contribution in [3.05, 3.63) is 59.7 Å². The fourth-order valence-corrected chi connectivity index (χ4v) is 4.07. The molecule has 0 fully saturated rings. The Kier molecular flexibility index (Phi) is 7.48. The fourth-order valence-electron chi connectivity index (χ4n) is 2.37. The van der Waals surface area contributed by atoms with Gasteiger partial charge in [0.05, 0.1) is 4.90 Å². The maximum atomic E-state index is 12.7. The molecule has 1 unspecified atom stereocenters. The fraction of sp³-hybridized carbons (Fsp3) is 0.250. The first kappa shape index (κ1) is 21.0. The van der Waals surface area contributed by atoms with Crippen LogP contribution in [0.3, 0.4) is 0 Å². The van der Waals surface area contributed by atoms with Crippen LogP contribution in [0.5, 0.6) is 0 Å². The number of terminal acetylenes is 1. The van der Waals surface area contributed by atoms with Crippen molar-refractivity contribution < 1.29 is 13.2 Å². The van der Waals surface area contributed by atoms with Gasteiger partial charge in [0.2, 0.25) is 15.9 Å². The molecule has 2 aromatic carbocycles. The number of hydrogen-bond acceptors (Lipinski definition) is 4. The highest BCUT2D eigenvalue weighted by atomic mass is 32.2. The molecule has 1 atom stereocenters. The number of benzene rings is 2. The molecule has 0 aromatic heterocycles. The number of anilines is 1. The molecule has 0 saturated heterocycles. The van der Waals surface area contributed by atoms with Crippen LogP contribution in [0.25, 0.3) is 0 Å². The van der Waals surface area contributed by atoms with E-state index in [1.165, 1.54) is 12.1 Å². The molecule has 2 rings (SSSR count). The number of carbonyl (C=O) groups excluding carboxylic acids is 1. The Morgan fingerprint density at radius 3 is 2.56 bits per heavy atom. The predicted octanol–water partition coefficient (Wildman–Crippen LogP) is 3.02. The molecule has 0 saturated carbocycles. The minimum Gasteiger partial charge on any atom is -0.325 e. The number of nitrogens with one attached hydrogen (secondary N) is 2. The van der Waals surface area contributed by atoms with Gasteiger partial charge in [0.1, 0.15) is 6.04 Å². The molecule has 5 nitrogen and oxygen atoms in total. The average molecular weight is 403 g/mol. The van der Waals surface area contributed by atoms with Gasteiger partial charge in [0, 0.05) is 11.3 Å². The van der Waals surface area contributed by atoms with E-state index in [-0.39, 0.29) is 4.90 Å². The Bertz CT molecular complexity index is 932. The molecule has 142 valence electrons. The lowest BCUT2D eigenvalue weighted by Gasteiger charge is -2.18. The first-order valence-corrected chi connectivity index (χ1v) is 11.2. The van der Waals surface area contributed by atoms with E-state index in [4.69, 9.17) is 6.42 Å². The van der Waals surface area contributed by atoms with Crippen LogP contribution in [0.1, 0.15) is 17.5 Å². The van der Waals surface area contributed by atoms with Crippen LogP contribution >= 0.6 is 11.8 Å². The monoisotopic (exact) mass is 402 g/mol. The van der Waals surface area contributed by atoms with Crippen LogP contribution in [0.2, 0.25) is 0 Å². The smallest absolute Gasteiger partial charge is 0.242 e. The van der Waals surface area contributed by atoms with Gasteiger partial charge in [-0.15, -0.1) is 6.42 Å². The molecule has 0 spiro atoms. The second kappa shape index (κ2) is 9.60. The van der Waals surface area contributed by atoms with E-state index in [2.05, 4.69) is 16.0 Å². The highest BCUT2D eigenvalue weighted by Crippen LogP contribution is 2.15. The average Bonchev–Trinajstić information content (AvgIpc) is 2.65. The molecule has 7 heteroatoms. The van der Waals surface area contributed by atoms with E-state index < -0.39 is 22.0 Å². The summed E-state index contributed by atoms with van der Waals surface area (Å²) < 4.78 is 27.8. The van der Waals surface area contributed by atoms with E-state index in [0.717, 1.165) is 5.56 Å². The minimum atomic E-state index is -3.81. The minimum absolute atomic E-state index is 0.129. The van der Waals surface area contributed by atoms with Gasteiger partial charge in [-0.1, -0.05) is 29.7 Å². The highest BCUT2D eigenvalue weighted by Gasteiger charge is 2.25. The summed E-state index contributed by atoms with van der Waals surface area (Å²) in [5.41, 5.74) is 2.12. The second-order valence-electron chi connectivity index (χ2n) is 5.98. The summed E-state index contributed by atoms with van der Waals surface area (Å²) in [6, 6.07) is 12.5. The first-order chi connectivity index (χ1) is 12.9. The summed E-state index contributed by atoms with van der Waals surface area (Å²) in [5.74, 6) is 2.72. The molecule has 0 aliphatic carbocycles. The molecule has 27 heavy (non-hydrogen) atoms. The molecular formula is C20H22N2O3S2. The topological polar surface area (TPSA) is 75.3 Å². The molecule has 0 aliphatic heterocycles. The molecule has 2 N–H and O–H groups in total. The van der Waals surface area contributed by atoms with Crippen LogP contribution in [0.4, 0.5) is 5.69 Å². The maximum absolute atomic E-state index is 12.7. The zero-order valence-electron chi connectivity index (χ0n) is 15.2. The SMILES string of the molecule is C#Cc1cccc(NC(=O)C(CCSC)NS(=O)(=O)c2ccc(C)cc2)c1. The predicted molar refractivity (Wildman–Crippen MR) is 111 cm³/mol. The third kappa shape index (κ3) is 6.14. The number of thioether (sulfide) groups is 1. The number of rotatable bonds is 8. The standard InChI is InChI=1S/C20H22N2O3S2/c1-4-16-6-5-7-17(14-16)21-20(23)19(12-13-26-3)22-27(24,25)18-10-8-15(2)9-11-18/h1,5-11,14,19,22H,12-13H2,2-3H3,(H,21,23). The normalized spacial score (nSPS) is 12.2. The summed E-state index contributed by atoms with van der Waals surface area (Å²) >= 11 is 1.54. The van der Waals surface area contributed by atoms with Gasteiger partial charge in [-0.25, -0.2) is 8.42 Å². The number of sulfonamides is 1. The molecule has 0 bridgehead atoms. The first-order valence-electron chi connectivity index (χ1n) is 8.31. The third-order valence-electron chi connectivity index (χ3n) is 3.85. The Morgan fingerprint density at radius 2 is 1.93 bits per heavy atom. The van der Waals surface area contributed by atoms with Crippen LogP contribution in [-0.2, 0) is 14.8 Å². The van der Waals surface area contributed by atoms with E-state index in [1.54, 1.807) is 48.2 Å². The zero-order valence-corrected chi connectivity index (χ0v) is 16.9. The maximum Gasteiger partial charge on any atom is 0.242 e. The number of aryl methyl sites for hydroxylation is 1. The van der Waals surface area contributed by atoms with Crippen molar-refractivity contribution in [2.24, 2.45) is 0 Å². The van der Waals surface area contributed by atoms with E-state index in [9.17, 15) is 13.2 Å². The van der Waals surface area contributed by atoms with Gasteiger partial charge in [-0.05, 0) is 55.7 Å². The second-order valence-corrected chi connectivity index (χ2v) is 8.68. The van der Waals surface area contributed by atoms with Gasteiger partial charge in [-0.3, -0.25) is 4.79 Å². The van der Waals surface area contributed by atoms with Crippen molar-refractivity contribution in [3.8, 4) is 12.3 Å². The Labute approximate surface area is 165 Å². The lowest BCUT2D eigenvalue weighted by atomic mass is 10.2. The molecular weight excluding hydrogens is 380 g/mol. The largest absolute Gasteiger partial charge is 0.325 e. The van der Waals surface area contributed by atoms with Gasteiger partial charge in [-0.2, -0.15) is 16.5 Å². The quantitative estimate of drug-likeness (QED) is 0.666. The lowest BCUT2D eigenvalue weighted by Crippen LogP contribution is -2.44. The van der Waals surface area contributed by atoms with Crippen molar-refractivity contribution in [3.63, 3.8) is 0 Å². The molecule has 2 aromatic rings. The zero-order chi connectivity index (χ0) is 19.9. The van der Waals surface area contributed by atoms with E-state index in [1.807, 2.05) is 13.2 Å². The van der Waals surface area contributed by atoms with Crippen LogP contribution in [-0.4, -0.2) is 32.4 Å². The summed E-state index contributed by atoms with van der Waals surface area (Å²) in [4.78, 5) is 12.8. The van der Waals surface area contributed by atoms with Crippen molar-refractivity contribution in [2.45, 2.75) is 24.3 Å². The van der Waals surface area contributed by atoms with Crippen molar-refractivity contribution >= 4 is 33.4 Å². The van der Waals surface area contributed by atoms with Crippen LogP contribution < -0.4 is 10.0 Å². The molecule has 1 amide bonds. The molecule has 0 heterocycles. The van der Waals surface area contributed by atoms with Gasteiger partial charge in [0.15, 0.2) is 0 Å². The molecule has 0 aliphatic rings. The number of hydrogen-bond donors (Lipinski definition) is 2.